The molecule has 0 aliphatic carbocycles. The maximum Gasteiger partial charge on any atom is 0.201 e. The molecule has 0 aliphatic heterocycles. The molecule has 0 unspecified atom stereocenters. The minimum Gasteiger partial charge on any atom is -0.496 e. The number of nitrogen functional groups attached to an aromatic ring is 1. The molecular formula is C15H13Cl2N3O. The summed E-state index contributed by atoms with van der Waals surface area (Å²) in [6.07, 6.45) is 0. The van der Waals surface area contributed by atoms with Crippen LogP contribution in [-0.2, 0) is 6.54 Å². The van der Waals surface area contributed by atoms with E-state index in [2.05, 4.69) is 4.98 Å². The van der Waals surface area contributed by atoms with Crippen LogP contribution in [0, 0.1) is 0 Å². The Morgan fingerprint density at radius 1 is 1.24 bits per heavy atom. The molecule has 0 spiro atoms. The van der Waals surface area contributed by atoms with Gasteiger partial charge in [-0.3, -0.25) is 0 Å². The van der Waals surface area contributed by atoms with E-state index in [1.165, 1.54) is 0 Å². The molecule has 1 heterocycles. The molecule has 2 aromatic carbocycles. The number of ether oxygens (including phenoxy) is 1. The van der Waals surface area contributed by atoms with Crippen molar-refractivity contribution in [3.63, 3.8) is 0 Å². The topological polar surface area (TPSA) is 53.1 Å². The van der Waals surface area contributed by atoms with Crippen LogP contribution >= 0.6 is 23.2 Å². The molecule has 6 heteroatoms. The van der Waals surface area contributed by atoms with Crippen molar-refractivity contribution in [3.05, 3.63) is 52.0 Å². The van der Waals surface area contributed by atoms with Crippen molar-refractivity contribution in [2.45, 2.75) is 6.54 Å². The van der Waals surface area contributed by atoms with Crippen molar-refractivity contribution in [2.75, 3.05) is 12.8 Å². The summed E-state index contributed by atoms with van der Waals surface area (Å²) in [7, 11) is 1.61. The minimum absolute atomic E-state index is 0.411. The van der Waals surface area contributed by atoms with Crippen LogP contribution in [-0.4, -0.2) is 16.7 Å². The number of rotatable bonds is 3. The van der Waals surface area contributed by atoms with Crippen molar-refractivity contribution >= 4 is 40.2 Å². The van der Waals surface area contributed by atoms with Crippen LogP contribution in [0.2, 0.25) is 10.0 Å². The lowest BCUT2D eigenvalue weighted by molar-refractivity contribution is 0.409. The number of aromatic nitrogens is 2. The highest BCUT2D eigenvalue weighted by Crippen LogP contribution is 2.30. The van der Waals surface area contributed by atoms with Crippen LogP contribution in [0.25, 0.3) is 11.0 Å². The third-order valence-corrected chi connectivity index (χ3v) is 3.94. The Labute approximate surface area is 132 Å². The van der Waals surface area contributed by atoms with E-state index in [0.717, 1.165) is 16.6 Å². The third-order valence-electron chi connectivity index (χ3n) is 3.35. The molecule has 0 saturated carbocycles. The van der Waals surface area contributed by atoms with E-state index in [9.17, 15) is 0 Å². The van der Waals surface area contributed by atoms with Gasteiger partial charge in [-0.25, -0.2) is 4.98 Å². The number of fused-ring (bicyclic) bond motifs is 1. The fourth-order valence-corrected chi connectivity index (χ4v) is 2.71. The Morgan fingerprint density at radius 2 is 2.05 bits per heavy atom. The molecular weight excluding hydrogens is 309 g/mol. The fraction of sp³-hybridized carbons (Fsp3) is 0.133. The molecule has 0 atom stereocenters. The van der Waals surface area contributed by atoms with Gasteiger partial charge in [-0.1, -0.05) is 29.3 Å². The first-order chi connectivity index (χ1) is 10.1. The number of nitrogens with two attached hydrogens (primary N) is 1. The van der Waals surface area contributed by atoms with E-state index in [0.29, 0.717) is 28.3 Å². The first kappa shape index (κ1) is 14.0. The van der Waals surface area contributed by atoms with Crippen molar-refractivity contribution in [2.24, 2.45) is 0 Å². The lowest BCUT2D eigenvalue weighted by atomic mass is 10.2. The average molecular weight is 322 g/mol. The largest absolute Gasteiger partial charge is 0.496 e. The smallest absolute Gasteiger partial charge is 0.201 e. The van der Waals surface area contributed by atoms with Gasteiger partial charge in [0.05, 0.1) is 24.7 Å². The molecule has 4 nitrogen and oxygen atoms in total. The molecule has 21 heavy (non-hydrogen) atoms. The second-order valence-corrected chi connectivity index (χ2v) is 5.45. The third kappa shape index (κ3) is 2.52. The van der Waals surface area contributed by atoms with E-state index in [1.54, 1.807) is 13.2 Å². The van der Waals surface area contributed by atoms with Gasteiger partial charge in [-0.2, -0.15) is 0 Å². The highest BCUT2D eigenvalue weighted by atomic mass is 35.5. The number of methoxy groups -OCH3 is 1. The first-order valence-corrected chi connectivity index (χ1v) is 7.08. The van der Waals surface area contributed by atoms with E-state index >= 15 is 0 Å². The standard InChI is InChI=1S/C15H13Cl2N3O/c1-21-14-4-2-3-11(17)10(14)8-20-13-7-9(16)5-6-12(13)19-15(20)18/h2-7H,8H2,1H3,(H2,18,19). The number of hydrogen-bond donors (Lipinski definition) is 1. The van der Waals surface area contributed by atoms with Crippen molar-refractivity contribution < 1.29 is 4.74 Å². The highest BCUT2D eigenvalue weighted by molar-refractivity contribution is 6.31. The van der Waals surface area contributed by atoms with Gasteiger partial charge >= 0.3 is 0 Å². The lowest BCUT2D eigenvalue weighted by Crippen LogP contribution is -2.06. The monoisotopic (exact) mass is 321 g/mol. The van der Waals surface area contributed by atoms with Crippen LogP contribution in [0.5, 0.6) is 5.75 Å². The zero-order valence-electron chi connectivity index (χ0n) is 11.3. The van der Waals surface area contributed by atoms with Gasteiger partial charge in [0.2, 0.25) is 5.95 Å². The predicted octanol–water partition coefficient (Wildman–Crippen LogP) is 3.98. The summed E-state index contributed by atoms with van der Waals surface area (Å²) in [6, 6.07) is 11.0. The molecule has 0 bridgehead atoms. The Hall–Kier alpha value is -1.91. The molecule has 0 saturated heterocycles. The summed E-state index contributed by atoms with van der Waals surface area (Å²) < 4.78 is 7.23. The number of imidazole rings is 1. The predicted molar refractivity (Wildman–Crippen MR) is 86.3 cm³/mol. The van der Waals surface area contributed by atoms with Crippen LogP contribution in [0.15, 0.2) is 36.4 Å². The Balaban J connectivity index is 2.14. The van der Waals surface area contributed by atoms with Gasteiger partial charge < -0.3 is 15.0 Å². The van der Waals surface area contributed by atoms with E-state index < -0.39 is 0 Å². The molecule has 108 valence electrons. The summed E-state index contributed by atoms with van der Waals surface area (Å²) in [5.41, 5.74) is 8.53. The number of halogens is 2. The van der Waals surface area contributed by atoms with Gasteiger partial charge in [0, 0.05) is 15.6 Å². The van der Waals surface area contributed by atoms with Crippen LogP contribution in [0.1, 0.15) is 5.56 Å². The zero-order valence-corrected chi connectivity index (χ0v) is 12.8. The van der Waals surface area contributed by atoms with Gasteiger partial charge in [-0.15, -0.1) is 0 Å². The highest BCUT2D eigenvalue weighted by Gasteiger charge is 2.13. The number of hydrogen-bond acceptors (Lipinski definition) is 3. The Morgan fingerprint density at radius 3 is 2.81 bits per heavy atom. The number of nitrogens with zero attached hydrogens (tertiary/aromatic N) is 2. The van der Waals surface area contributed by atoms with Crippen molar-refractivity contribution in [1.29, 1.82) is 0 Å². The molecule has 0 fully saturated rings. The maximum absolute atomic E-state index is 6.28. The van der Waals surface area contributed by atoms with Crippen molar-refractivity contribution in [1.82, 2.24) is 9.55 Å². The zero-order chi connectivity index (χ0) is 15.0. The number of anilines is 1. The quantitative estimate of drug-likeness (QED) is 0.793. The van der Waals surface area contributed by atoms with Gasteiger partial charge in [0.25, 0.3) is 0 Å². The number of benzene rings is 2. The summed E-state index contributed by atoms with van der Waals surface area (Å²) >= 11 is 12.3. The maximum atomic E-state index is 6.28. The molecule has 2 N–H and O–H groups in total. The van der Waals surface area contributed by atoms with E-state index in [4.69, 9.17) is 33.7 Å². The SMILES string of the molecule is COc1cccc(Cl)c1Cn1c(N)nc2ccc(Cl)cc21. The second kappa shape index (κ2) is 5.47. The molecule has 1 aromatic heterocycles. The summed E-state index contributed by atoms with van der Waals surface area (Å²) in [6.45, 7) is 0.464. The molecule has 0 aliphatic rings. The summed E-state index contributed by atoms with van der Waals surface area (Å²) in [4.78, 5) is 4.33. The van der Waals surface area contributed by atoms with Gasteiger partial charge in [0.15, 0.2) is 0 Å². The summed E-state index contributed by atoms with van der Waals surface area (Å²) in [5, 5.41) is 1.26. The van der Waals surface area contributed by atoms with Gasteiger partial charge in [0.1, 0.15) is 5.75 Å². The van der Waals surface area contributed by atoms with Crippen molar-refractivity contribution in [3.8, 4) is 5.75 Å². The van der Waals surface area contributed by atoms with Crippen LogP contribution in [0.3, 0.4) is 0 Å². The molecule has 0 radical (unpaired) electrons. The van der Waals surface area contributed by atoms with Gasteiger partial charge in [-0.05, 0) is 30.3 Å². The Kier molecular flexibility index (Phi) is 3.66. The molecule has 0 amide bonds. The van der Waals surface area contributed by atoms with Crippen LogP contribution in [0.4, 0.5) is 5.95 Å². The lowest BCUT2D eigenvalue weighted by Gasteiger charge is -2.12. The van der Waals surface area contributed by atoms with Crippen LogP contribution < -0.4 is 10.5 Å². The second-order valence-electron chi connectivity index (χ2n) is 4.61. The minimum atomic E-state index is 0.411. The summed E-state index contributed by atoms with van der Waals surface area (Å²) in [5.74, 6) is 1.13. The molecule has 3 rings (SSSR count). The van der Waals surface area contributed by atoms with E-state index in [-0.39, 0.29) is 0 Å². The Bertz CT molecular complexity index is 814. The fourth-order valence-electron chi connectivity index (χ4n) is 2.32. The van der Waals surface area contributed by atoms with E-state index in [1.807, 2.05) is 34.9 Å². The molecule has 3 aromatic rings. The first-order valence-electron chi connectivity index (χ1n) is 6.33. The average Bonchev–Trinajstić information content (AvgIpc) is 2.77. The normalized spacial score (nSPS) is 11.0.